The van der Waals surface area contributed by atoms with Gasteiger partial charge in [-0.3, -0.25) is 14.3 Å². The average Bonchev–Trinajstić information content (AvgIpc) is 3.05. The van der Waals surface area contributed by atoms with Crippen LogP contribution in [0.5, 0.6) is 0 Å². The summed E-state index contributed by atoms with van der Waals surface area (Å²) in [7, 11) is -3.90. The normalized spacial score (nSPS) is 13.1. The highest BCUT2D eigenvalue weighted by Crippen LogP contribution is 2.30. The minimum Gasteiger partial charge on any atom is -0.475 e. The van der Waals surface area contributed by atoms with Gasteiger partial charge in [0.05, 0.1) is 21.7 Å². The summed E-state index contributed by atoms with van der Waals surface area (Å²) in [4.78, 5) is 38.5. The first-order valence-electron chi connectivity index (χ1n) is 9.34. The fraction of sp³-hybridized carbons (Fsp3) is 0.0476. The molecule has 2 N–H and O–H groups in total. The van der Waals surface area contributed by atoms with E-state index in [0.29, 0.717) is 0 Å². The van der Waals surface area contributed by atoms with Gasteiger partial charge in [0.1, 0.15) is 11.6 Å². The minimum atomic E-state index is -5.08. The van der Waals surface area contributed by atoms with E-state index in [1.807, 2.05) is 0 Å². The van der Waals surface area contributed by atoms with Crippen molar-refractivity contribution in [2.24, 2.45) is 0 Å². The molecule has 0 saturated carbocycles. The van der Waals surface area contributed by atoms with Crippen molar-refractivity contribution < 1.29 is 45.5 Å². The average molecular weight is 511 g/mol. The molecule has 0 spiro atoms. The zero-order chi connectivity index (χ0) is 26.0. The second-order valence-corrected chi connectivity index (χ2v) is 8.41. The van der Waals surface area contributed by atoms with Crippen LogP contribution in [0.15, 0.2) is 71.8 Å². The Bertz CT molecular complexity index is 1390. The molecule has 2 aromatic carbocycles. The van der Waals surface area contributed by atoms with Gasteiger partial charge in [-0.05, 0) is 48.5 Å². The Hall–Kier alpha value is -4.33. The van der Waals surface area contributed by atoms with Gasteiger partial charge in [0.15, 0.2) is 0 Å². The van der Waals surface area contributed by atoms with Gasteiger partial charge in [0.25, 0.3) is 21.8 Å². The van der Waals surface area contributed by atoms with Crippen molar-refractivity contribution in [1.82, 2.24) is 4.98 Å². The van der Waals surface area contributed by atoms with E-state index in [2.05, 4.69) is 9.71 Å². The quantitative estimate of drug-likeness (QED) is 0.405. The number of anilines is 2. The summed E-state index contributed by atoms with van der Waals surface area (Å²) < 4.78 is 72.9. The van der Waals surface area contributed by atoms with Crippen LogP contribution < -0.4 is 9.62 Å². The number of hydrogen-bond acceptors (Lipinski definition) is 6. The Balaban J connectivity index is 0.000000429. The first-order valence-corrected chi connectivity index (χ1v) is 10.8. The summed E-state index contributed by atoms with van der Waals surface area (Å²) in [6.45, 7) is 0. The number of sulfonamides is 1. The Morgan fingerprint density at radius 1 is 0.943 bits per heavy atom. The van der Waals surface area contributed by atoms with E-state index >= 15 is 0 Å². The molecule has 9 nitrogen and oxygen atoms in total. The Labute approximate surface area is 194 Å². The lowest BCUT2D eigenvalue weighted by molar-refractivity contribution is -0.192. The Kier molecular flexibility index (Phi) is 6.87. The van der Waals surface area contributed by atoms with Gasteiger partial charge in [-0.25, -0.2) is 27.5 Å². The number of aromatic nitrogens is 1. The lowest BCUT2D eigenvalue weighted by Crippen LogP contribution is -2.29. The van der Waals surface area contributed by atoms with E-state index in [9.17, 15) is 35.6 Å². The van der Waals surface area contributed by atoms with E-state index in [-0.39, 0.29) is 27.5 Å². The van der Waals surface area contributed by atoms with E-state index in [0.717, 1.165) is 11.0 Å². The predicted molar refractivity (Wildman–Crippen MR) is 113 cm³/mol. The molecule has 1 aliphatic heterocycles. The number of carbonyl (C=O) groups is 3. The highest BCUT2D eigenvalue weighted by molar-refractivity contribution is 7.92. The summed E-state index contributed by atoms with van der Waals surface area (Å²) in [6, 6.07) is 13.7. The first-order chi connectivity index (χ1) is 16.3. The lowest BCUT2D eigenvalue weighted by Gasteiger charge is -2.14. The number of fused-ring (bicyclic) bond motifs is 1. The van der Waals surface area contributed by atoms with Gasteiger partial charge in [-0.2, -0.15) is 13.2 Å². The topological polar surface area (TPSA) is 134 Å². The molecule has 0 fully saturated rings. The summed E-state index contributed by atoms with van der Waals surface area (Å²) in [6.07, 6.45) is -3.64. The van der Waals surface area contributed by atoms with Gasteiger partial charge in [0.2, 0.25) is 0 Å². The third-order valence-corrected chi connectivity index (χ3v) is 5.79. The van der Waals surface area contributed by atoms with Crippen LogP contribution in [-0.4, -0.2) is 42.5 Å². The summed E-state index contributed by atoms with van der Waals surface area (Å²) in [5.41, 5.74) is -0.179. The number of carboxylic acid groups (broad SMARTS) is 1. The molecule has 35 heavy (non-hydrogen) atoms. The number of nitrogens with zero attached hydrogens (tertiary/aromatic N) is 2. The van der Waals surface area contributed by atoms with Crippen LogP contribution in [0.4, 0.5) is 29.1 Å². The van der Waals surface area contributed by atoms with Crippen LogP contribution in [0.1, 0.15) is 20.7 Å². The zero-order valence-corrected chi connectivity index (χ0v) is 18.0. The van der Waals surface area contributed by atoms with Gasteiger partial charge in [-0.1, -0.05) is 12.1 Å². The number of carbonyl (C=O) groups excluding carboxylic acids is 2. The molecule has 4 rings (SSSR count). The van der Waals surface area contributed by atoms with E-state index in [4.69, 9.17) is 9.90 Å². The largest absolute Gasteiger partial charge is 0.490 e. The molecular formula is C21H13F4N3O6S. The Morgan fingerprint density at radius 3 is 2.09 bits per heavy atom. The third-order valence-electron chi connectivity index (χ3n) is 4.42. The van der Waals surface area contributed by atoms with Crippen molar-refractivity contribution in [3.63, 3.8) is 0 Å². The number of alkyl halides is 3. The molecule has 0 aliphatic carbocycles. The SMILES string of the molecule is O=C(O)C(F)(F)F.O=C1c2cccc(F)c2C(=O)N1c1ccc(S(=O)(=O)Nc2ccccn2)cc1. The predicted octanol–water partition coefficient (Wildman–Crippen LogP) is 3.46. The van der Waals surface area contributed by atoms with Gasteiger partial charge < -0.3 is 5.11 Å². The third kappa shape index (κ3) is 5.43. The van der Waals surface area contributed by atoms with Crippen molar-refractivity contribution >= 4 is 39.3 Å². The van der Waals surface area contributed by atoms with Crippen molar-refractivity contribution in [2.45, 2.75) is 11.1 Å². The molecule has 0 radical (unpaired) electrons. The fourth-order valence-electron chi connectivity index (χ4n) is 2.87. The Morgan fingerprint density at radius 2 is 1.57 bits per heavy atom. The number of amides is 2. The minimum absolute atomic E-state index is 0.0292. The van der Waals surface area contributed by atoms with Gasteiger partial charge >= 0.3 is 12.1 Å². The standard InChI is InChI=1S/C19H12FN3O4S.C2HF3O2/c20-15-5-3-4-14-17(15)19(25)23(18(14)24)12-7-9-13(10-8-12)28(26,27)22-16-6-1-2-11-21-16;3-2(4,5)1(6)7/h1-11H,(H,21,22);(H,6,7). The lowest BCUT2D eigenvalue weighted by atomic mass is 10.1. The number of aliphatic carboxylic acids is 1. The highest BCUT2D eigenvalue weighted by atomic mass is 32.2. The number of benzene rings is 2. The maximum Gasteiger partial charge on any atom is 0.490 e. The molecule has 182 valence electrons. The van der Waals surface area contributed by atoms with Crippen LogP contribution in [0.3, 0.4) is 0 Å². The van der Waals surface area contributed by atoms with Crippen molar-refractivity contribution in [3.05, 3.63) is 83.8 Å². The maximum atomic E-state index is 13.9. The number of nitrogens with one attached hydrogen (secondary N) is 1. The van der Waals surface area contributed by atoms with Crippen LogP contribution in [0.25, 0.3) is 0 Å². The van der Waals surface area contributed by atoms with E-state index in [1.165, 1.54) is 48.7 Å². The molecule has 0 bridgehead atoms. The van der Waals surface area contributed by atoms with Crippen LogP contribution >= 0.6 is 0 Å². The molecule has 0 saturated heterocycles. The first kappa shape index (κ1) is 25.3. The van der Waals surface area contributed by atoms with Crippen LogP contribution in [0, 0.1) is 5.82 Å². The summed E-state index contributed by atoms with van der Waals surface area (Å²) in [5.74, 6) is -4.84. The number of rotatable bonds is 4. The molecule has 2 amide bonds. The van der Waals surface area contributed by atoms with E-state index in [1.54, 1.807) is 12.1 Å². The number of pyridine rings is 1. The maximum absolute atomic E-state index is 13.9. The van der Waals surface area contributed by atoms with Crippen molar-refractivity contribution in [2.75, 3.05) is 9.62 Å². The highest BCUT2D eigenvalue weighted by Gasteiger charge is 2.39. The fourth-order valence-corrected chi connectivity index (χ4v) is 3.88. The van der Waals surface area contributed by atoms with Crippen LogP contribution in [-0.2, 0) is 14.8 Å². The molecule has 14 heteroatoms. The second-order valence-electron chi connectivity index (χ2n) is 6.73. The molecule has 1 aliphatic rings. The monoisotopic (exact) mass is 511 g/mol. The summed E-state index contributed by atoms with van der Waals surface area (Å²) >= 11 is 0. The summed E-state index contributed by atoms with van der Waals surface area (Å²) in [5, 5.41) is 7.12. The second kappa shape index (κ2) is 9.50. The van der Waals surface area contributed by atoms with Crippen molar-refractivity contribution in [1.29, 1.82) is 0 Å². The van der Waals surface area contributed by atoms with E-state index < -0.39 is 39.8 Å². The molecular weight excluding hydrogens is 498 g/mol. The number of hydrogen-bond donors (Lipinski definition) is 2. The zero-order valence-electron chi connectivity index (χ0n) is 17.2. The van der Waals surface area contributed by atoms with Gasteiger partial charge in [0, 0.05) is 6.20 Å². The smallest absolute Gasteiger partial charge is 0.475 e. The molecule has 3 aromatic rings. The van der Waals surface area contributed by atoms with Crippen LogP contribution in [0.2, 0.25) is 0 Å². The number of imide groups is 1. The van der Waals surface area contributed by atoms with Crippen molar-refractivity contribution in [3.8, 4) is 0 Å². The molecule has 1 aromatic heterocycles. The number of halogens is 4. The number of carboxylic acids is 1. The molecule has 2 heterocycles. The van der Waals surface area contributed by atoms with Gasteiger partial charge in [-0.15, -0.1) is 0 Å². The molecule has 0 atom stereocenters. The molecule has 0 unspecified atom stereocenters.